The number of nitrogens with one attached hydrogen (secondary N) is 2. The fourth-order valence-corrected chi connectivity index (χ4v) is 4.59. The Bertz CT molecular complexity index is 1260. The first kappa shape index (κ1) is 21.8. The number of aliphatic hydroxyl groups is 2. The zero-order valence-electron chi connectivity index (χ0n) is 18.0. The maximum atomic E-state index is 12.3. The number of carbonyl (C=O) groups is 3. The Morgan fingerprint density at radius 2 is 1.53 bits per heavy atom. The number of Topliss-reactive ketones (excluding diaryl/α,β-unsaturated/α-hetero) is 1. The van der Waals surface area contributed by atoms with Crippen LogP contribution in [0.15, 0.2) is 66.7 Å². The van der Waals surface area contributed by atoms with Gasteiger partial charge >= 0.3 is 6.09 Å². The van der Waals surface area contributed by atoms with Crippen LogP contribution in [0.4, 0.5) is 10.5 Å². The summed E-state index contributed by atoms with van der Waals surface area (Å²) in [5, 5.41) is 25.8. The van der Waals surface area contributed by atoms with Gasteiger partial charge in [-0.2, -0.15) is 0 Å². The highest BCUT2D eigenvalue weighted by atomic mass is 16.5. The van der Waals surface area contributed by atoms with Crippen LogP contribution in [0, 0.1) is 0 Å². The fraction of sp³-hybridized carbons (Fsp3) is 0.192. The van der Waals surface area contributed by atoms with Crippen LogP contribution in [0.3, 0.4) is 0 Å². The predicted molar refractivity (Wildman–Crippen MR) is 123 cm³/mol. The van der Waals surface area contributed by atoms with E-state index in [0.717, 1.165) is 22.3 Å². The van der Waals surface area contributed by atoms with Crippen molar-refractivity contribution >= 4 is 23.5 Å². The van der Waals surface area contributed by atoms with Crippen molar-refractivity contribution in [2.45, 2.75) is 18.1 Å². The molecule has 3 aromatic rings. The van der Waals surface area contributed by atoms with Crippen molar-refractivity contribution in [3.05, 3.63) is 89.0 Å². The average Bonchev–Trinajstić information content (AvgIpc) is 3.34. The summed E-state index contributed by atoms with van der Waals surface area (Å²) >= 11 is 0. The van der Waals surface area contributed by atoms with Crippen molar-refractivity contribution in [1.82, 2.24) is 5.32 Å². The molecule has 2 unspecified atom stereocenters. The highest BCUT2D eigenvalue weighted by Crippen LogP contribution is 2.44. The number of benzene rings is 3. The number of ether oxygens (including phenoxy) is 1. The van der Waals surface area contributed by atoms with Gasteiger partial charge in [0.2, 0.25) is 0 Å². The number of fused-ring (bicyclic) bond motifs is 4. The summed E-state index contributed by atoms with van der Waals surface area (Å²) in [5.41, 5.74) is 4.91. The Kier molecular flexibility index (Phi) is 5.61. The molecule has 2 atom stereocenters. The Morgan fingerprint density at radius 3 is 2.21 bits per heavy atom. The van der Waals surface area contributed by atoms with E-state index in [0.29, 0.717) is 0 Å². The lowest BCUT2D eigenvalue weighted by atomic mass is 9.98. The van der Waals surface area contributed by atoms with Crippen molar-refractivity contribution in [2.24, 2.45) is 0 Å². The maximum absolute atomic E-state index is 12.3. The van der Waals surface area contributed by atoms with Crippen molar-refractivity contribution in [1.29, 1.82) is 0 Å². The smallest absolute Gasteiger partial charge is 0.407 e. The van der Waals surface area contributed by atoms with E-state index < -0.39 is 30.0 Å². The largest absolute Gasteiger partial charge is 0.449 e. The van der Waals surface area contributed by atoms with E-state index in [1.54, 1.807) is 0 Å². The first-order valence-corrected chi connectivity index (χ1v) is 10.9. The number of hydrogen-bond acceptors (Lipinski definition) is 6. The van der Waals surface area contributed by atoms with Gasteiger partial charge in [0.25, 0.3) is 11.7 Å². The number of alkyl carbamates (subject to hydrolysis) is 1. The van der Waals surface area contributed by atoms with Crippen LogP contribution in [0.5, 0.6) is 0 Å². The molecular weight excluding hydrogens is 436 g/mol. The minimum absolute atomic E-state index is 0.0956. The molecule has 0 aromatic heterocycles. The van der Waals surface area contributed by atoms with Crippen LogP contribution in [0.2, 0.25) is 0 Å². The van der Waals surface area contributed by atoms with Gasteiger partial charge in [-0.05, 0) is 28.3 Å². The highest BCUT2D eigenvalue weighted by Gasteiger charge is 2.33. The summed E-state index contributed by atoms with van der Waals surface area (Å²) in [6.45, 7) is -0.164. The fourth-order valence-electron chi connectivity index (χ4n) is 4.59. The van der Waals surface area contributed by atoms with Crippen LogP contribution >= 0.6 is 0 Å². The molecule has 0 fully saturated rings. The van der Waals surface area contributed by atoms with E-state index in [9.17, 15) is 24.6 Å². The molecule has 0 saturated heterocycles. The van der Waals surface area contributed by atoms with Gasteiger partial charge in [-0.1, -0.05) is 60.7 Å². The number of ketones is 1. The summed E-state index contributed by atoms with van der Waals surface area (Å²) in [5.74, 6) is -1.59. The first-order chi connectivity index (χ1) is 16.5. The standard InChI is InChI=1S/C26H22N2O6/c29-21(23(30)18-10-5-11-19-22(18)28-25(32)24(19)31)12-27-26(33)34-13-20-16-8-3-1-6-14(16)15-7-2-4-9-17(15)20/h1-11,20-21,23,29-30H,12-13H2,(H,27,33)(H,28,31,32). The molecule has 1 aliphatic heterocycles. The third-order valence-corrected chi connectivity index (χ3v) is 6.27. The van der Waals surface area contributed by atoms with Crippen molar-refractivity contribution in [3.63, 3.8) is 0 Å². The molecule has 3 aromatic carbocycles. The first-order valence-electron chi connectivity index (χ1n) is 10.9. The molecule has 2 amide bonds. The van der Waals surface area contributed by atoms with Gasteiger partial charge in [0.05, 0.1) is 11.3 Å². The molecular formula is C26H22N2O6. The van der Waals surface area contributed by atoms with Crippen LogP contribution < -0.4 is 10.6 Å². The van der Waals surface area contributed by atoms with Gasteiger partial charge in [-0.15, -0.1) is 0 Å². The average molecular weight is 458 g/mol. The molecule has 34 heavy (non-hydrogen) atoms. The second-order valence-corrected chi connectivity index (χ2v) is 8.27. The van der Waals surface area contributed by atoms with Crippen molar-refractivity contribution in [3.8, 4) is 11.1 Å². The van der Waals surface area contributed by atoms with Crippen LogP contribution in [0.25, 0.3) is 11.1 Å². The molecule has 8 nitrogen and oxygen atoms in total. The summed E-state index contributed by atoms with van der Waals surface area (Å²) in [7, 11) is 0. The number of carbonyl (C=O) groups excluding carboxylic acids is 3. The quantitative estimate of drug-likeness (QED) is 0.421. The minimum Gasteiger partial charge on any atom is -0.449 e. The van der Waals surface area contributed by atoms with Gasteiger partial charge < -0.3 is 25.6 Å². The molecule has 8 heteroatoms. The normalized spacial score (nSPS) is 15.7. The Morgan fingerprint density at radius 1 is 0.912 bits per heavy atom. The third kappa shape index (κ3) is 3.72. The second-order valence-electron chi connectivity index (χ2n) is 8.27. The number of aliphatic hydroxyl groups excluding tert-OH is 2. The zero-order chi connectivity index (χ0) is 23.8. The minimum atomic E-state index is -1.44. The zero-order valence-corrected chi connectivity index (χ0v) is 18.0. The summed E-state index contributed by atoms with van der Waals surface area (Å²) in [4.78, 5) is 35.8. The monoisotopic (exact) mass is 458 g/mol. The molecule has 0 bridgehead atoms. The van der Waals surface area contributed by atoms with Crippen molar-refractivity contribution in [2.75, 3.05) is 18.5 Å². The van der Waals surface area contributed by atoms with Crippen LogP contribution in [-0.4, -0.2) is 47.3 Å². The van der Waals surface area contributed by atoms with Crippen LogP contribution in [0.1, 0.15) is 39.1 Å². The lowest BCUT2D eigenvalue weighted by molar-refractivity contribution is -0.112. The maximum Gasteiger partial charge on any atom is 0.407 e. The molecule has 1 heterocycles. The van der Waals surface area contributed by atoms with E-state index in [4.69, 9.17) is 4.74 Å². The number of para-hydroxylation sites is 1. The summed E-state index contributed by atoms with van der Waals surface area (Å²) in [6, 6.07) is 20.4. The van der Waals surface area contributed by atoms with Gasteiger partial charge in [0, 0.05) is 18.0 Å². The molecule has 0 spiro atoms. The molecule has 4 N–H and O–H groups in total. The Balaban J connectivity index is 1.20. The Hall–Kier alpha value is -4.01. The van der Waals surface area contributed by atoms with E-state index in [1.807, 2.05) is 48.5 Å². The van der Waals surface area contributed by atoms with E-state index in [2.05, 4.69) is 10.6 Å². The molecule has 5 rings (SSSR count). The number of amides is 2. The van der Waals surface area contributed by atoms with E-state index in [1.165, 1.54) is 18.2 Å². The van der Waals surface area contributed by atoms with Crippen molar-refractivity contribution < 1.29 is 29.3 Å². The highest BCUT2D eigenvalue weighted by molar-refractivity contribution is 6.51. The second kappa shape index (κ2) is 8.74. The topological polar surface area (TPSA) is 125 Å². The van der Waals surface area contributed by atoms with Gasteiger partial charge in [0.1, 0.15) is 18.8 Å². The summed E-state index contributed by atoms with van der Waals surface area (Å²) in [6.07, 6.45) is -3.55. The van der Waals surface area contributed by atoms with Crippen LogP contribution in [-0.2, 0) is 9.53 Å². The van der Waals surface area contributed by atoms with Gasteiger partial charge in [-0.3, -0.25) is 9.59 Å². The number of rotatable bonds is 6. The molecule has 1 aliphatic carbocycles. The molecule has 2 aliphatic rings. The van der Waals surface area contributed by atoms with Gasteiger partial charge in [-0.25, -0.2) is 4.79 Å². The Labute approximate surface area is 195 Å². The van der Waals surface area contributed by atoms with Gasteiger partial charge in [0.15, 0.2) is 0 Å². The SMILES string of the molecule is O=C(NCC(O)C(O)c1cccc2c1NC(=O)C2=O)OCC1c2ccccc2-c2ccccc21. The lowest BCUT2D eigenvalue weighted by Gasteiger charge is -2.21. The van der Waals surface area contributed by atoms with E-state index >= 15 is 0 Å². The molecule has 0 saturated carbocycles. The third-order valence-electron chi connectivity index (χ3n) is 6.27. The lowest BCUT2D eigenvalue weighted by Crippen LogP contribution is -2.36. The molecule has 172 valence electrons. The number of hydrogen-bond donors (Lipinski definition) is 4. The van der Waals surface area contributed by atoms with E-state index in [-0.39, 0.29) is 35.9 Å². The molecule has 0 radical (unpaired) electrons. The number of anilines is 1. The predicted octanol–water partition coefficient (Wildman–Crippen LogP) is 2.75. The summed E-state index contributed by atoms with van der Waals surface area (Å²) < 4.78 is 5.43.